The lowest BCUT2D eigenvalue weighted by Gasteiger charge is -2.28. The third-order valence-electron chi connectivity index (χ3n) is 4.47. The smallest absolute Gasteiger partial charge is 0.254 e. The average Bonchev–Trinajstić information content (AvgIpc) is 3.01. The monoisotopic (exact) mass is 383 g/mol. The highest BCUT2D eigenvalue weighted by Gasteiger charge is 2.26. The zero-order valence-electron chi connectivity index (χ0n) is 15.1. The summed E-state index contributed by atoms with van der Waals surface area (Å²) in [5.74, 6) is 0.366. The maximum Gasteiger partial charge on any atom is 0.254 e. The predicted molar refractivity (Wildman–Crippen MR) is 104 cm³/mol. The molecule has 2 N–H and O–H groups in total. The second kappa shape index (κ2) is 6.55. The molecule has 0 radical (unpaired) electrons. The van der Waals surface area contributed by atoms with Crippen LogP contribution in [0, 0.1) is 0 Å². The van der Waals surface area contributed by atoms with E-state index in [1.165, 1.54) is 6.20 Å². The Balaban J connectivity index is 1.82. The number of carbonyl (C=O) groups excluding carboxylic acids is 1. The summed E-state index contributed by atoms with van der Waals surface area (Å²) in [6.07, 6.45) is 5.19. The average molecular weight is 384 g/mol. The molecule has 4 heterocycles. The van der Waals surface area contributed by atoms with Crippen molar-refractivity contribution >= 4 is 34.7 Å². The lowest BCUT2D eigenvalue weighted by Crippen LogP contribution is -2.23. The Kier molecular flexibility index (Phi) is 4.19. The van der Waals surface area contributed by atoms with E-state index in [4.69, 9.17) is 11.6 Å². The van der Waals surface area contributed by atoms with Crippen LogP contribution in [0.3, 0.4) is 0 Å². The van der Waals surface area contributed by atoms with Crippen molar-refractivity contribution in [1.29, 1.82) is 0 Å². The number of amides is 1. The normalized spacial score (nSPS) is 12.4. The van der Waals surface area contributed by atoms with Crippen molar-refractivity contribution in [2.24, 2.45) is 7.05 Å². The molecule has 3 aromatic heterocycles. The number of rotatable bonds is 3. The summed E-state index contributed by atoms with van der Waals surface area (Å²) in [6, 6.07) is 3.56. The molecule has 1 aliphatic heterocycles. The zero-order chi connectivity index (χ0) is 19.1. The van der Waals surface area contributed by atoms with Crippen LogP contribution in [0.1, 0.15) is 15.9 Å². The van der Waals surface area contributed by atoms with Gasteiger partial charge in [-0.3, -0.25) is 9.48 Å². The van der Waals surface area contributed by atoms with Crippen molar-refractivity contribution in [1.82, 2.24) is 25.1 Å². The molecule has 0 aliphatic carbocycles. The summed E-state index contributed by atoms with van der Waals surface area (Å²) < 4.78 is 1.81. The minimum absolute atomic E-state index is 0.258. The summed E-state index contributed by atoms with van der Waals surface area (Å²) in [5.41, 5.74) is 4.92. The zero-order valence-corrected chi connectivity index (χ0v) is 15.9. The van der Waals surface area contributed by atoms with Crippen molar-refractivity contribution in [3.8, 4) is 11.3 Å². The Morgan fingerprint density at radius 3 is 2.89 bits per heavy atom. The van der Waals surface area contributed by atoms with Crippen molar-refractivity contribution in [3.63, 3.8) is 0 Å². The van der Waals surface area contributed by atoms with Gasteiger partial charge in [0.05, 0.1) is 22.6 Å². The third-order valence-corrected chi connectivity index (χ3v) is 4.68. The summed E-state index contributed by atoms with van der Waals surface area (Å²) in [5, 5.41) is 10.7. The van der Waals surface area contributed by atoms with E-state index in [9.17, 15) is 4.79 Å². The Labute approximate surface area is 161 Å². The van der Waals surface area contributed by atoms with Gasteiger partial charge in [-0.25, -0.2) is 9.97 Å². The van der Waals surface area contributed by atoms with Crippen LogP contribution < -0.4 is 15.5 Å². The number of aromatic nitrogens is 4. The number of fused-ring (bicyclic) bond motifs is 3. The minimum Gasteiger partial charge on any atom is -0.367 e. The lowest BCUT2D eigenvalue weighted by atomic mass is 10.0. The number of hydrogen-bond donors (Lipinski definition) is 2. The van der Waals surface area contributed by atoms with Crippen LogP contribution in [0.5, 0.6) is 0 Å². The van der Waals surface area contributed by atoms with Gasteiger partial charge < -0.3 is 15.5 Å². The van der Waals surface area contributed by atoms with E-state index in [2.05, 4.69) is 30.6 Å². The number of nitrogens with one attached hydrogen (secondary N) is 2. The molecular formula is C18H18ClN7O. The van der Waals surface area contributed by atoms with Gasteiger partial charge in [-0.15, -0.1) is 0 Å². The molecule has 138 valence electrons. The molecule has 0 atom stereocenters. The van der Waals surface area contributed by atoms with Gasteiger partial charge in [0, 0.05) is 57.4 Å². The second-order valence-electron chi connectivity index (χ2n) is 6.35. The Morgan fingerprint density at radius 1 is 1.30 bits per heavy atom. The van der Waals surface area contributed by atoms with Crippen LogP contribution in [-0.4, -0.2) is 39.8 Å². The minimum atomic E-state index is -0.258. The van der Waals surface area contributed by atoms with Crippen LogP contribution >= 0.6 is 11.6 Å². The van der Waals surface area contributed by atoms with E-state index in [-0.39, 0.29) is 11.1 Å². The number of carbonyl (C=O) groups is 1. The second-order valence-corrected chi connectivity index (χ2v) is 6.73. The molecule has 0 bridgehead atoms. The Bertz CT molecular complexity index is 1050. The molecule has 8 nitrogen and oxygen atoms in total. The van der Waals surface area contributed by atoms with Gasteiger partial charge in [-0.1, -0.05) is 11.6 Å². The van der Waals surface area contributed by atoms with Crippen LogP contribution in [-0.2, 0) is 13.6 Å². The topological polar surface area (TPSA) is 88.0 Å². The van der Waals surface area contributed by atoms with E-state index in [1.54, 1.807) is 19.3 Å². The first-order valence-electron chi connectivity index (χ1n) is 8.35. The summed E-state index contributed by atoms with van der Waals surface area (Å²) in [6.45, 7) is 0.718. The number of aryl methyl sites for hydroxylation is 1. The lowest BCUT2D eigenvalue weighted by molar-refractivity contribution is 0.0963. The molecule has 3 aromatic rings. The number of nitrogens with zero attached hydrogens (tertiary/aromatic N) is 5. The molecule has 1 aliphatic rings. The Morgan fingerprint density at radius 2 is 2.11 bits per heavy atom. The Hall–Kier alpha value is -3.13. The summed E-state index contributed by atoms with van der Waals surface area (Å²) in [4.78, 5) is 22.8. The quantitative estimate of drug-likeness (QED) is 0.676. The molecule has 0 aromatic carbocycles. The molecule has 0 unspecified atom stereocenters. The van der Waals surface area contributed by atoms with Crippen LogP contribution in [0.15, 0.2) is 30.7 Å². The van der Waals surface area contributed by atoms with Crippen LogP contribution in [0.4, 0.5) is 17.2 Å². The SMILES string of the molecule is CNC(=O)c1cnc(Cl)cc1Nc1nccc2c1N(C)Cc1cn(C)nc1-2. The molecule has 0 saturated heterocycles. The van der Waals surface area contributed by atoms with Gasteiger partial charge in [0.15, 0.2) is 5.82 Å². The molecule has 0 fully saturated rings. The van der Waals surface area contributed by atoms with Gasteiger partial charge in [-0.05, 0) is 12.1 Å². The van der Waals surface area contributed by atoms with Crippen LogP contribution in [0.2, 0.25) is 5.15 Å². The highest BCUT2D eigenvalue weighted by molar-refractivity contribution is 6.29. The maximum atomic E-state index is 12.2. The molecule has 0 saturated carbocycles. The molecule has 4 rings (SSSR count). The van der Waals surface area contributed by atoms with E-state index in [0.29, 0.717) is 17.1 Å². The van der Waals surface area contributed by atoms with Gasteiger partial charge in [0.2, 0.25) is 0 Å². The molecule has 9 heteroatoms. The third kappa shape index (κ3) is 2.97. The fraction of sp³-hybridized carbons (Fsp3) is 0.222. The van der Waals surface area contributed by atoms with Gasteiger partial charge in [0.25, 0.3) is 5.91 Å². The van der Waals surface area contributed by atoms with Gasteiger partial charge in [0.1, 0.15) is 5.15 Å². The van der Waals surface area contributed by atoms with Crippen molar-refractivity contribution in [3.05, 3.63) is 47.0 Å². The van der Waals surface area contributed by atoms with Crippen molar-refractivity contribution < 1.29 is 4.79 Å². The number of anilines is 3. The first-order valence-corrected chi connectivity index (χ1v) is 8.73. The van der Waals surface area contributed by atoms with Crippen molar-refractivity contribution in [2.45, 2.75) is 6.54 Å². The van der Waals surface area contributed by atoms with E-state index < -0.39 is 0 Å². The predicted octanol–water partition coefficient (Wildman–Crippen LogP) is 2.58. The van der Waals surface area contributed by atoms with Gasteiger partial charge >= 0.3 is 0 Å². The number of halogens is 1. The summed E-state index contributed by atoms with van der Waals surface area (Å²) in [7, 11) is 5.48. The molecule has 0 spiro atoms. The highest BCUT2D eigenvalue weighted by atomic mass is 35.5. The summed E-state index contributed by atoms with van der Waals surface area (Å²) >= 11 is 6.05. The van der Waals surface area contributed by atoms with E-state index >= 15 is 0 Å². The molecular weight excluding hydrogens is 366 g/mol. The number of pyridine rings is 2. The first-order chi connectivity index (χ1) is 13.0. The van der Waals surface area contributed by atoms with Gasteiger partial charge in [-0.2, -0.15) is 5.10 Å². The molecule has 1 amide bonds. The number of hydrogen-bond acceptors (Lipinski definition) is 6. The highest BCUT2D eigenvalue weighted by Crippen LogP contribution is 2.42. The largest absolute Gasteiger partial charge is 0.367 e. The fourth-order valence-corrected chi connectivity index (χ4v) is 3.47. The molecule has 27 heavy (non-hydrogen) atoms. The van der Waals surface area contributed by atoms with Crippen molar-refractivity contribution in [2.75, 3.05) is 24.3 Å². The first kappa shape index (κ1) is 17.3. The maximum absolute atomic E-state index is 12.2. The van der Waals surface area contributed by atoms with E-state index in [0.717, 1.165) is 29.1 Å². The standard InChI is InChI=1S/C18H18ClN7O/c1-20-18(27)12-7-22-14(19)6-13(12)23-17-16-11(4-5-21-17)15-10(8-25(16)2)9-26(3)24-15/h4-7,9H,8H2,1-3H3,(H,20,27)(H,21,22,23). The van der Waals surface area contributed by atoms with Crippen LogP contribution in [0.25, 0.3) is 11.3 Å². The van der Waals surface area contributed by atoms with E-state index in [1.807, 2.05) is 31.0 Å². The fourth-order valence-electron chi connectivity index (χ4n) is 3.31.